The fourth-order valence-electron chi connectivity index (χ4n) is 3.11. The molecule has 10 heteroatoms. The predicted octanol–water partition coefficient (Wildman–Crippen LogP) is 1.24. The fourth-order valence-corrected chi connectivity index (χ4v) is 3.11. The van der Waals surface area contributed by atoms with E-state index in [0.29, 0.717) is 43.4 Å². The molecular formula is C21H22N6O4. The first-order valence-electron chi connectivity index (χ1n) is 9.81. The van der Waals surface area contributed by atoms with Crippen molar-refractivity contribution in [3.8, 4) is 11.5 Å². The van der Waals surface area contributed by atoms with Crippen LogP contribution in [0.25, 0.3) is 0 Å². The second-order valence-electron chi connectivity index (χ2n) is 6.88. The number of rotatable bonds is 7. The summed E-state index contributed by atoms with van der Waals surface area (Å²) in [6.07, 6.45) is 0.679. The molecule has 160 valence electrons. The highest BCUT2D eigenvalue weighted by molar-refractivity contribution is 5.97. The highest BCUT2D eigenvalue weighted by Gasteiger charge is 2.19. The second kappa shape index (κ2) is 9.16. The summed E-state index contributed by atoms with van der Waals surface area (Å²) in [5, 5.41) is 13.2. The van der Waals surface area contributed by atoms with Crippen LogP contribution in [0.15, 0.2) is 48.5 Å². The number of amides is 2. The molecule has 0 fully saturated rings. The topological polar surface area (TPSA) is 133 Å². The molecule has 0 atom stereocenters. The van der Waals surface area contributed by atoms with E-state index in [1.165, 1.54) is 4.68 Å². The van der Waals surface area contributed by atoms with E-state index in [2.05, 4.69) is 20.9 Å². The van der Waals surface area contributed by atoms with Crippen LogP contribution in [0, 0.1) is 0 Å². The molecule has 1 aliphatic rings. The van der Waals surface area contributed by atoms with Gasteiger partial charge in [-0.25, -0.2) is 4.68 Å². The maximum atomic E-state index is 12.4. The Balaban J connectivity index is 1.32. The predicted molar refractivity (Wildman–Crippen MR) is 113 cm³/mol. The number of nitrogens with one attached hydrogen (secondary N) is 2. The van der Waals surface area contributed by atoms with Crippen LogP contribution in [0.3, 0.4) is 0 Å². The molecule has 10 nitrogen and oxygen atoms in total. The maximum Gasteiger partial charge on any atom is 0.275 e. The first kappa shape index (κ1) is 20.2. The summed E-state index contributed by atoms with van der Waals surface area (Å²) >= 11 is 0. The number of anilines is 2. The van der Waals surface area contributed by atoms with Gasteiger partial charge in [-0.1, -0.05) is 35.5 Å². The summed E-state index contributed by atoms with van der Waals surface area (Å²) in [6.45, 7) is 1.19. The van der Waals surface area contributed by atoms with Gasteiger partial charge in [0, 0.05) is 18.3 Å². The van der Waals surface area contributed by atoms with Gasteiger partial charge < -0.3 is 25.8 Å². The van der Waals surface area contributed by atoms with Gasteiger partial charge in [0.1, 0.15) is 19.8 Å². The SMILES string of the molecule is Nc1c(C(=O)NCCc2ccccc2)nnn1CC(=O)Nc1ccc2c(c1)OCCO2. The van der Waals surface area contributed by atoms with E-state index in [9.17, 15) is 9.59 Å². The number of fused-ring (bicyclic) bond motifs is 1. The van der Waals surface area contributed by atoms with Crippen LogP contribution >= 0.6 is 0 Å². The minimum absolute atomic E-state index is 0.0137. The van der Waals surface area contributed by atoms with Crippen LogP contribution in [0.5, 0.6) is 11.5 Å². The molecule has 0 unspecified atom stereocenters. The van der Waals surface area contributed by atoms with Gasteiger partial charge in [0.2, 0.25) is 5.91 Å². The van der Waals surface area contributed by atoms with Crippen molar-refractivity contribution in [3.63, 3.8) is 0 Å². The van der Waals surface area contributed by atoms with Crippen LogP contribution in [0.1, 0.15) is 16.1 Å². The lowest BCUT2D eigenvalue weighted by Crippen LogP contribution is -2.27. The van der Waals surface area contributed by atoms with Crippen molar-refractivity contribution < 1.29 is 19.1 Å². The largest absolute Gasteiger partial charge is 0.486 e. The van der Waals surface area contributed by atoms with Crippen LogP contribution in [0.4, 0.5) is 11.5 Å². The van der Waals surface area contributed by atoms with Crippen LogP contribution < -0.4 is 25.8 Å². The number of ether oxygens (including phenoxy) is 2. The number of benzene rings is 2. The summed E-state index contributed by atoms with van der Waals surface area (Å²) in [4.78, 5) is 24.7. The van der Waals surface area contributed by atoms with Crippen molar-refractivity contribution in [1.29, 1.82) is 0 Å². The average molecular weight is 422 g/mol. The van der Waals surface area contributed by atoms with Crippen molar-refractivity contribution in [2.24, 2.45) is 0 Å². The fraction of sp³-hybridized carbons (Fsp3) is 0.238. The summed E-state index contributed by atoms with van der Waals surface area (Å²) in [7, 11) is 0. The van der Waals surface area contributed by atoms with Gasteiger partial charge in [-0.05, 0) is 24.1 Å². The number of carbonyl (C=O) groups is 2. The van der Waals surface area contributed by atoms with Crippen molar-refractivity contribution in [1.82, 2.24) is 20.3 Å². The Kier molecular flexibility index (Phi) is 5.97. The number of nitrogen functional groups attached to an aromatic ring is 1. The Morgan fingerprint density at radius 3 is 2.65 bits per heavy atom. The lowest BCUT2D eigenvalue weighted by atomic mass is 10.1. The zero-order chi connectivity index (χ0) is 21.6. The Hall–Kier alpha value is -4.08. The van der Waals surface area contributed by atoms with Crippen molar-refractivity contribution in [2.45, 2.75) is 13.0 Å². The van der Waals surface area contributed by atoms with Crippen LogP contribution in [-0.4, -0.2) is 46.6 Å². The molecule has 1 aliphatic heterocycles. The molecule has 0 aliphatic carbocycles. The highest BCUT2D eigenvalue weighted by atomic mass is 16.6. The number of aromatic nitrogens is 3. The molecule has 2 aromatic carbocycles. The lowest BCUT2D eigenvalue weighted by Gasteiger charge is -2.19. The van der Waals surface area contributed by atoms with Crippen molar-refractivity contribution in [3.05, 3.63) is 59.8 Å². The number of hydrogen-bond acceptors (Lipinski definition) is 7. The highest BCUT2D eigenvalue weighted by Crippen LogP contribution is 2.32. The molecule has 0 bridgehead atoms. The molecule has 0 saturated heterocycles. The first-order valence-corrected chi connectivity index (χ1v) is 9.81. The van der Waals surface area contributed by atoms with E-state index >= 15 is 0 Å². The van der Waals surface area contributed by atoms with Crippen LogP contribution in [0.2, 0.25) is 0 Å². The van der Waals surface area contributed by atoms with Gasteiger partial charge in [0.25, 0.3) is 5.91 Å². The number of nitrogens with zero attached hydrogens (tertiary/aromatic N) is 3. The summed E-state index contributed by atoms with van der Waals surface area (Å²) in [5.74, 6) is 0.414. The summed E-state index contributed by atoms with van der Waals surface area (Å²) in [6, 6.07) is 14.9. The number of nitrogens with two attached hydrogens (primary N) is 1. The molecule has 2 heterocycles. The van der Waals surface area contributed by atoms with Crippen molar-refractivity contribution >= 4 is 23.3 Å². The zero-order valence-electron chi connectivity index (χ0n) is 16.7. The Labute approximate surface area is 178 Å². The molecule has 0 saturated carbocycles. The first-order chi connectivity index (χ1) is 15.1. The van der Waals surface area contributed by atoms with E-state index in [-0.39, 0.29) is 24.0 Å². The maximum absolute atomic E-state index is 12.4. The number of hydrogen-bond donors (Lipinski definition) is 3. The normalized spacial score (nSPS) is 12.3. The molecule has 2 amide bonds. The van der Waals surface area contributed by atoms with E-state index in [0.717, 1.165) is 5.56 Å². The van der Waals surface area contributed by atoms with E-state index in [1.54, 1.807) is 18.2 Å². The third-order valence-electron chi connectivity index (χ3n) is 4.65. The molecule has 1 aromatic heterocycles. The third kappa shape index (κ3) is 4.92. The van der Waals surface area contributed by atoms with Crippen LogP contribution in [-0.2, 0) is 17.8 Å². The smallest absolute Gasteiger partial charge is 0.275 e. The van der Waals surface area contributed by atoms with Crippen molar-refractivity contribution in [2.75, 3.05) is 30.8 Å². The zero-order valence-corrected chi connectivity index (χ0v) is 16.7. The van der Waals surface area contributed by atoms with Gasteiger partial charge >= 0.3 is 0 Å². The molecule has 0 radical (unpaired) electrons. The minimum atomic E-state index is -0.438. The monoisotopic (exact) mass is 422 g/mol. The standard InChI is InChI=1S/C21H22N6O4/c22-20-19(21(29)23-9-8-14-4-2-1-3-5-14)25-26-27(20)13-18(28)24-15-6-7-16-17(12-15)31-11-10-30-16/h1-7,12H,8-11,13,22H2,(H,23,29)(H,24,28). The van der Waals surface area contributed by atoms with Gasteiger partial charge in [-0.15, -0.1) is 5.10 Å². The third-order valence-corrected chi connectivity index (χ3v) is 4.65. The molecular weight excluding hydrogens is 400 g/mol. The average Bonchev–Trinajstić information content (AvgIpc) is 3.14. The van der Waals surface area contributed by atoms with Gasteiger partial charge in [0.15, 0.2) is 23.0 Å². The number of carbonyl (C=O) groups excluding carboxylic acids is 2. The molecule has 3 aromatic rings. The Morgan fingerprint density at radius 2 is 1.84 bits per heavy atom. The van der Waals surface area contributed by atoms with E-state index in [4.69, 9.17) is 15.2 Å². The van der Waals surface area contributed by atoms with Gasteiger partial charge in [0.05, 0.1) is 0 Å². The molecule has 4 rings (SSSR count). The quantitative estimate of drug-likeness (QED) is 0.522. The molecule has 4 N–H and O–H groups in total. The Bertz CT molecular complexity index is 1080. The lowest BCUT2D eigenvalue weighted by molar-refractivity contribution is -0.116. The van der Waals surface area contributed by atoms with Gasteiger partial charge in [-0.2, -0.15) is 0 Å². The second-order valence-corrected chi connectivity index (χ2v) is 6.88. The summed E-state index contributed by atoms with van der Waals surface area (Å²) < 4.78 is 12.1. The molecule has 31 heavy (non-hydrogen) atoms. The Morgan fingerprint density at radius 1 is 1.06 bits per heavy atom. The molecule has 0 spiro atoms. The minimum Gasteiger partial charge on any atom is -0.486 e. The van der Waals surface area contributed by atoms with E-state index in [1.807, 2.05) is 30.3 Å². The van der Waals surface area contributed by atoms with E-state index < -0.39 is 5.91 Å². The van der Waals surface area contributed by atoms with Gasteiger partial charge in [-0.3, -0.25) is 9.59 Å². The summed E-state index contributed by atoms with van der Waals surface area (Å²) in [5.41, 5.74) is 7.62.